The summed E-state index contributed by atoms with van der Waals surface area (Å²) >= 11 is 0. The van der Waals surface area contributed by atoms with Crippen molar-refractivity contribution in [3.05, 3.63) is 206 Å². The topological polar surface area (TPSA) is 43.2 Å². The van der Waals surface area contributed by atoms with E-state index in [4.69, 9.17) is 14.7 Å². The standard InChI is InChI=1S/C54H34N4O/c1-3-14-38(15-4-1)53-43-19-9-10-20-45(43)55-54(56-53)58-46-30-28-39(33-44(46)52-42-18-8-7-13-37(42)27-32-49(52)58)35-23-25-36(26-24-35)40-29-31-48-51(34-40)59-50-22-12-11-21-47(50)57(48)41-16-5-2-6-17-41/h1-34H. The molecule has 5 nitrogen and oxygen atoms in total. The van der Waals surface area contributed by atoms with Crippen molar-refractivity contribution < 1.29 is 4.74 Å². The maximum Gasteiger partial charge on any atom is 0.235 e. The smallest absolute Gasteiger partial charge is 0.235 e. The van der Waals surface area contributed by atoms with Gasteiger partial charge in [0, 0.05) is 27.4 Å². The fraction of sp³-hybridized carbons (Fsp3) is 0. The molecule has 0 atom stereocenters. The molecule has 11 aromatic rings. The second-order valence-electron chi connectivity index (χ2n) is 15.0. The molecule has 9 aromatic carbocycles. The number of ether oxygens (including phenoxy) is 1. The first-order valence-electron chi connectivity index (χ1n) is 19.9. The Morgan fingerprint density at radius 2 is 1.02 bits per heavy atom. The Morgan fingerprint density at radius 3 is 1.85 bits per heavy atom. The van der Waals surface area contributed by atoms with Crippen molar-refractivity contribution in [3.63, 3.8) is 0 Å². The lowest BCUT2D eigenvalue weighted by atomic mass is 9.97. The molecule has 0 amide bonds. The van der Waals surface area contributed by atoms with Gasteiger partial charge in [-0.25, -0.2) is 9.97 Å². The van der Waals surface area contributed by atoms with Crippen molar-refractivity contribution in [2.75, 3.05) is 4.90 Å². The summed E-state index contributed by atoms with van der Waals surface area (Å²) in [6.45, 7) is 0. The van der Waals surface area contributed by atoms with E-state index in [2.05, 4.69) is 185 Å². The molecule has 0 aliphatic carbocycles. The van der Waals surface area contributed by atoms with E-state index in [9.17, 15) is 0 Å². The minimum absolute atomic E-state index is 0.652. The van der Waals surface area contributed by atoms with E-state index in [0.29, 0.717) is 5.95 Å². The van der Waals surface area contributed by atoms with Crippen LogP contribution in [0.15, 0.2) is 206 Å². The van der Waals surface area contributed by atoms with Crippen LogP contribution in [0.4, 0.5) is 17.1 Å². The fourth-order valence-corrected chi connectivity index (χ4v) is 8.81. The third kappa shape index (κ3) is 5.40. The minimum atomic E-state index is 0.652. The Labute approximate surface area is 340 Å². The quantitative estimate of drug-likeness (QED) is 0.175. The summed E-state index contributed by atoms with van der Waals surface area (Å²) in [6, 6.07) is 72.5. The molecule has 1 aliphatic rings. The Hall–Kier alpha value is -8.02. The number of aromatic nitrogens is 3. The highest BCUT2D eigenvalue weighted by molar-refractivity contribution is 6.21. The highest BCUT2D eigenvalue weighted by Crippen LogP contribution is 2.51. The van der Waals surface area contributed by atoms with Crippen molar-refractivity contribution in [2.24, 2.45) is 0 Å². The molecule has 3 heterocycles. The van der Waals surface area contributed by atoms with Gasteiger partial charge in [0.25, 0.3) is 0 Å². The first-order valence-corrected chi connectivity index (χ1v) is 19.9. The zero-order valence-electron chi connectivity index (χ0n) is 31.8. The summed E-state index contributed by atoms with van der Waals surface area (Å²) in [7, 11) is 0. The van der Waals surface area contributed by atoms with Crippen LogP contribution in [0.25, 0.3) is 82.9 Å². The van der Waals surface area contributed by atoms with Gasteiger partial charge in [0.2, 0.25) is 5.95 Å². The summed E-state index contributed by atoms with van der Waals surface area (Å²) in [4.78, 5) is 12.8. The number of anilines is 3. The summed E-state index contributed by atoms with van der Waals surface area (Å²) in [6.07, 6.45) is 0. The molecule has 0 saturated carbocycles. The monoisotopic (exact) mass is 754 g/mol. The fourth-order valence-electron chi connectivity index (χ4n) is 8.81. The lowest BCUT2D eigenvalue weighted by molar-refractivity contribution is 0.477. The zero-order chi connectivity index (χ0) is 38.9. The molecule has 5 heteroatoms. The van der Waals surface area contributed by atoms with E-state index >= 15 is 0 Å². The van der Waals surface area contributed by atoms with Crippen molar-refractivity contribution >= 4 is 60.5 Å². The van der Waals surface area contributed by atoms with E-state index in [-0.39, 0.29) is 0 Å². The van der Waals surface area contributed by atoms with Crippen LogP contribution in [-0.4, -0.2) is 14.5 Å². The van der Waals surface area contributed by atoms with Gasteiger partial charge in [-0.05, 0) is 93.7 Å². The van der Waals surface area contributed by atoms with Gasteiger partial charge in [0.15, 0.2) is 11.5 Å². The maximum absolute atomic E-state index is 6.52. The Bertz CT molecular complexity index is 3410. The lowest BCUT2D eigenvalue weighted by Gasteiger charge is -2.33. The normalized spacial score (nSPS) is 12.2. The number of benzene rings is 9. The van der Waals surface area contributed by atoms with Gasteiger partial charge < -0.3 is 9.64 Å². The third-order valence-corrected chi connectivity index (χ3v) is 11.6. The van der Waals surface area contributed by atoms with Crippen LogP contribution in [0.1, 0.15) is 0 Å². The molecule has 1 aliphatic heterocycles. The van der Waals surface area contributed by atoms with Crippen molar-refractivity contribution in [1.82, 2.24) is 14.5 Å². The van der Waals surface area contributed by atoms with Crippen LogP contribution in [-0.2, 0) is 0 Å². The number of nitrogens with zero attached hydrogens (tertiary/aromatic N) is 4. The molecule has 0 spiro atoms. The van der Waals surface area contributed by atoms with Crippen molar-refractivity contribution in [2.45, 2.75) is 0 Å². The molecule has 59 heavy (non-hydrogen) atoms. The summed E-state index contributed by atoms with van der Waals surface area (Å²) in [5, 5.41) is 5.78. The number of hydrogen-bond acceptors (Lipinski definition) is 4. The molecule has 12 rings (SSSR count). The van der Waals surface area contributed by atoms with Crippen LogP contribution < -0.4 is 9.64 Å². The molecular weight excluding hydrogens is 721 g/mol. The van der Waals surface area contributed by atoms with Crippen molar-refractivity contribution in [3.8, 4) is 51.0 Å². The number of hydrogen-bond donors (Lipinski definition) is 0. The molecule has 0 N–H and O–H groups in total. The Morgan fingerprint density at radius 1 is 0.390 bits per heavy atom. The first-order chi connectivity index (χ1) is 29.2. The molecule has 0 saturated heterocycles. The summed E-state index contributed by atoms with van der Waals surface area (Å²) in [5.74, 6) is 2.32. The van der Waals surface area contributed by atoms with Crippen LogP contribution in [0, 0.1) is 0 Å². The molecule has 0 fully saturated rings. The van der Waals surface area contributed by atoms with E-state index in [0.717, 1.165) is 89.4 Å². The minimum Gasteiger partial charge on any atom is -0.453 e. The molecule has 0 unspecified atom stereocenters. The molecule has 2 aromatic heterocycles. The third-order valence-electron chi connectivity index (χ3n) is 11.6. The van der Waals surface area contributed by atoms with Gasteiger partial charge in [0.05, 0.1) is 33.6 Å². The van der Waals surface area contributed by atoms with Crippen molar-refractivity contribution in [1.29, 1.82) is 0 Å². The van der Waals surface area contributed by atoms with Crippen LogP contribution in [0.5, 0.6) is 11.5 Å². The predicted octanol–water partition coefficient (Wildman–Crippen LogP) is 14.5. The Kier molecular flexibility index (Phi) is 7.47. The van der Waals surface area contributed by atoms with E-state index in [1.807, 2.05) is 30.3 Å². The van der Waals surface area contributed by atoms with Gasteiger partial charge in [-0.1, -0.05) is 146 Å². The Balaban J connectivity index is 0.969. The van der Waals surface area contributed by atoms with Crippen LogP contribution >= 0.6 is 0 Å². The molecular formula is C54H34N4O. The largest absolute Gasteiger partial charge is 0.453 e. The van der Waals surface area contributed by atoms with Gasteiger partial charge in [0.1, 0.15) is 0 Å². The van der Waals surface area contributed by atoms with Crippen LogP contribution in [0.2, 0.25) is 0 Å². The molecule has 276 valence electrons. The van der Waals surface area contributed by atoms with Gasteiger partial charge in [-0.3, -0.25) is 4.57 Å². The predicted molar refractivity (Wildman–Crippen MR) is 242 cm³/mol. The number of rotatable bonds is 5. The number of fused-ring (bicyclic) bond motifs is 8. The summed E-state index contributed by atoms with van der Waals surface area (Å²) in [5.41, 5.74) is 12.7. The van der Waals surface area contributed by atoms with E-state index in [1.165, 1.54) is 16.2 Å². The molecule has 0 bridgehead atoms. The maximum atomic E-state index is 6.52. The molecule has 0 radical (unpaired) electrons. The highest BCUT2D eigenvalue weighted by Gasteiger charge is 2.26. The second kappa shape index (κ2) is 13.3. The van der Waals surface area contributed by atoms with E-state index in [1.54, 1.807) is 0 Å². The average Bonchev–Trinajstić information content (AvgIpc) is 3.65. The lowest BCUT2D eigenvalue weighted by Crippen LogP contribution is -2.15. The average molecular weight is 755 g/mol. The van der Waals surface area contributed by atoms with E-state index < -0.39 is 0 Å². The van der Waals surface area contributed by atoms with Gasteiger partial charge in [-0.2, -0.15) is 0 Å². The SMILES string of the molecule is c1ccc(-c2nc(-n3c4ccc(-c5ccc(-c6ccc7c(c6)Oc6ccccc6N7c6ccccc6)cc5)cc4c4c5ccccc5ccc43)nc3ccccc23)cc1. The first kappa shape index (κ1) is 33.2. The number of para-hydroxylation sites is 4. The second-order valence-corrected chi connectivity index (χ2v) is 15.0. The van der Waals surface area contributed by atoms with Gasteiger partial charge in [-0.15, -0.1) is 0 Å². The zero-order valence-corrected chi connectivity index (χ0v) is 31.8. The summed E-state index contributed by atoms with van der Waals surface area (Å²) < 4.78 is 8.76. The van der Waals surface area contributed by atoms with Gasteiger partial charge >= 0.3 is 0 Å². The highest BCUT2D eigenvalue weighted by atomic mass is 16.5. The van der Waals surface area contributed by atoms with Crippen LogP contribution in [0.3, 0.4) is 0 Å².